The van der Waals surface area contributed by atoms with Crippen LogP contribution < -0.4 is 4.74 Å². The summed E-state index contributed by atoms with van der Waals surface area (Å²) < 4.78 is 28.4. The predicted molar refractivity (Wildman–Crippen MR) is 69.2 cm³/mol. The highest BCUT2D eigenvalue weighted by Gasteiger charge is 2.11. The SMILES string of the molecule is Cc1cc(OCCC(C)C)ccc1S(C)(=O)=O. The van der Waals surface area contributed by atoms with Crippen LogP contribution in [0.2, 0.25) is 0 Å². The van der Waals surface area contributed by atoms with E-state index in [1.54, 1.807) is 25.1 Å². The van der Waals surface area contributed by atoms with Crippen molar-refractivity contribution in [2.24, 2.45) is 5.92 Å². The molecule has 0 N–H and O–H groups in total. The normalized spacial score (nSPS) is 11.8. The zero-order valence-electron chi connectivity index (χ0n) is 10.9. The Kier molecular flexibility index (Phi) is 4.57. The van der Waals surface area contributed by atoms with Gasteiger partial charge >= 0.3 is 0 Å². The molecule has 0 unspecified atom stereocenters. The summed E-state index contributed by atoms with van der Waals surface area (Å²) in [5, 5.41) is 0. The van der Waals surface area contributed by atoms with Gasteiger partial charge in [-0.25, -0.2) is 8.42 Å². The number of ether oxygens (including phenoxy) is 1. The fraction of sp³-hybridized carbons (Fsp3) is 0.538. The number of rotatable bonds is 5. The molecule has 1 rings (SSSR count). The minimum Gasteiger partial charge on any atom is -0.494 e. The topological polar surface area (TPSA) is 43.4 Å². The third-order valence-electron chi connectivity index (χ3n) is 2.51. The molecule has 0 amide bonds. The van der Waals surface area contributed by atoms with Gasteiger partial charge in [-0.15, -0.1) is 0 Å². The van der Waals surface area contributed by atoms with Crippen LogP contribution in [0.3, 0.4) is 0 Å². The van der Waals surface area contributed by atoms with Gasteiger partial charge in [-0.2, -0.15) is 0 Å². The van der Waals surface area contributed by atoms with Crippen LogP contribution in [-0.2, 0) is 9.84 Å². The van der Waals surface area contributed by atoms with Crippen LogP contribution in [0.1, 0.15) is 25.8 Å². The van der Waals surface area contributed by atoms with Gasteiger partial charge in [0.25, 0.3) is 0 Å². The molecular formula is C13H20O3S. The van der Waals surface area contributed by atoms with E-state index in [1.807, 2.05) is 0 Å². The Hall–Kier alpha value is -1.03. The van der Waals surface area contributed by atoms with Gasteiger partial charge < -0.3 is 4.74 Å². The summed E-state index contributed by atoms with van der Waals surface area (Å²) in [6, 6.07) is 5.09. The van der Waals surface area contributed by atoms with Crippen LogP contribution in [0, 0.1) is 12.8 Å². The summed E-state index contributed by atoms with van der Waals surface area (Å²) in [5.74, 6) is 1.34. The Labute approximate surface area is 104 Å². The van der Waals surface area contributed by atoms with Crippen LogP contribution in [0.25, 0.3) is 0 Å². The van der Waals surface area contributed by atoms with Crippen molar-refractivity contribution < 1.29 is 13.2 Å². The Morgan fingerprint density at radius 2 is 1.94 bits per heavy atom. The first-order chi connectivity index (χ1) is 7.80. The molecule has 0 bridgehead atoms. The molecule has 0 saturated heterocycles. The minimum absolute atomic E-state index is 0.369. The molecule has 0 spiro atoms. The molecule has 1 aromatic carbocycles. The molecule has 0 atom stereocenters. The minimum atomic E-state index is -3.14. The third-order valence-corrected chi connectivity index (χ3v) is 3.77. The smallest absolute Gasteiger partial charge is 0.175 e. The summed E-state index contributed by atoms with van der Waals surface area (Å²) in [4.78, 5) is 0.369. The van der Waals surface area contributed by atoms with Gasteiger partial charge in [0.15, 0.2) is 9.84 Å². The van der Waals surface area contributed by atoms with Crippen LogP contribution in [0.4, 0.5) is 0 Å². The van der Waals surface area contributed by atoms with E-state index in [9.17, 15) is 8.42 Å². The van der Waals surface area contributed by atoms with Gasteiger partial charge in [0.2, 0.25) is 0 Å². The van der Waals surface area contributed by atoms with Crippen molar-refractivity contribution in [2.45, 2.75) is 32.1 Å². The van der Waals surface area contributed by atoms with E-state index in [0.29, 0.717) is 17.4 Å². The third kappa shape index (κ3) is 4.38. The molecule has 96 valence electrons. The van der Waals surface area contributed by atoms with Gasteiger partial charge in [-0.3, -0.25) is 0 Å². The highest BCUT2D eigenvalue weighted by molar-refractivity contribution is 7.90. The van der Waals surface area contributed by atoms with Crippen molar-refractivity contribution in [1.29, 1.82) is 0 Å². The Morgan fingerprint density at radius 3 is 2.41 bits per heavy atom. The highest BCUT2D eigenvalue weighted by atomic mass is 32.2. The molecule has 3 nitrogen and oxygen atoms in total. The first kappa shape index (κ1) is 14.0. The average molecular weight is 256 g/mol. The number of aryl methyl sites for hydroxylation is 1. The molecule has 0 saturated carbocycles. The number of sulfone groups is 1. The largest absolute Gasteiger partial charge is 0.494 e. The average Bonchev–Trinajstić information content (AvgIpc) is 2.14. The Balaban J connectivity index is 2.76. The van der Waals surface area contributed by atoms with Crippen molar-refractivity contribution in [2.75, 3.05) is 12.9 Å². The number of benzene rings is 1. The standard InChI is InChI=1S/C13H20O3S/c1-10(2)7-8-16-12-5-6-13(11(3)9-12)17(4,14)15/h5-6,9-10H,7-8H2,1-4H3. The summed E-state index contributed by atoms with van der Waals surface area (Å²) >= 11 is 0. The van der Waals surface area contributed by atoms with Crippen molar-refractivity contribution in [3.05, 3.63) is 23.8 Å². The quantitative estimate of drug-likeness (QED) is 0.813. The second kappa shape index (κ2) is 5.54. The first-order valence-electron chi connectivity index (χ1n) is 5.74. The summed E-state index contributed by atoms with van der Waals surface area (Å²) in [6.07, 6.45) is 2.21. The molecule has 0 fully saturated rings. The number of hydrogen-bond acceptors (Lipinski definition) is 3. The maximum atomic E-state index is 11.4. The van der Waals surface area contributed by atoms with E-state index in [1.165, 1.54) is 6.26 Å². The molecular weight excluding hydrogens is 236 g/mol. The van der Waals surface area contributed by atoms with E-state index in [4.69, 9.17) is 4.74 Å². The molecule has 0 radical (unpaired) electrons. The molecule has 0 heterocycles. The fourth-order valence-electron chi connectivity index (χ4n) is 1.54. The summed E-state index contributed by atoms with van der Waals surface area (Å²) in [7, 11) is -3.14. The highest BCUT2D eigenvalue weighted by Crippen LogP contribution is 2.21. The molecule has 0 aromatic heterocycles. The second-order valence-electron chi connectivity index (χ2n) is 4.73. The van der Waals surface area contributed by atoms with Gasteiger partial charge in [-0.1, -0.05) is 13.8 Å². The van der Waals surface area contributed by atoms with Gasteiger partial charge in [0.05, 0.1) is 11.5 Å². The summed E-state index contributed by atoms with van der Waals surface area (Å²) in [5.41, 5.74) is 0.731. The van der Waals surface area contributed by atoms with Crippen LogP contribution in [0.15, 0.2) is 23.1 Å². The Morgan fingerprint density at radius 1 is 1.29 bits per heavy atom. The maximum Gasteiger partial charge on any atom is 0.175 e. The van der Waals surface area contributed by atoms with Crippen LogP contribution in [0.5, 0.6) is 5.75 Å². The van der Waals surface area contributed by atoms with E-state index < -0.39 is 9.84 Å². The van der Waals surface area contributed by atoms with Gasteiger partial charge in [0, 0.05) is 6.26 Å². The number of hydrogen-bond donors (Lipinski definition) is 0. The molecule has 0 aliphatic rings. The zero-order chi connectivity index (χ0) is 13.1. The lowest BCUT2D eigenvalue weighted by Gasteiger charge is -2.10. The predicted octanol–water partition coefficient (Wildman–Crippen LogP) is 2.82. The van der Waals surface area contributed by atoms with Crippen LogP contribution in [-0.4, -0.2) is 21.3 Å². The fourth-order valence-corrected chi connectivity index (χ4v) is 2.50. The van der Waals surface area contributed by atoms with Gasteiger partial charge in [0.1, 0.15) is 5.75 Å². The zero-order valence-corrected chi connectivity index (χ0v) is 11.7. The molecule has 17 heavy (non-hydrogen) atoms. The Bertz CT molecular complexity index is 475. The monoisotopic (exact) mass is 256 g/mol. The van der Waals surface area contributed by atoms with Crippen molar-refractivity contribution in [3.63, 3.8) is 0 Å². The molecule has 0 aliphatic carbocycles. The molecule has 0 aliphatic heterocycles. The molecule has 1 aromatic rings. The van der Waals surface area contributed by atoms with Crippen LogP contribution >= 0.6 is 0 Å². The van der Waals surface area contributed by atoms with E-state index in [2.05, 4.69) is 13.8 Å². The van der Waals surface area contributed by atoms with Crippen molar-refractivity contribution >= 4 is 9.84 Å². The van der Waals surface area contributed by atoms with Crippen molar-refractivity contribution in [1.82, 2.24) is 0 Å². The lowest BCUT2D eigenvalue weighted by atomic mass is 10.1. The maximum absolute atomic E-state index is 11.4. The lowest BCUT2D eigenvalue weighted by Crippen LogP contribution is -2.03. The lowest BCUT2D eigenvalue weighted by molar-refractivity contribution is 0.289. The van der Waals surface area contributed by atoms with Crippen molar-refractivity contribution in [3.8, 4) is 5.75 Å². The van der Waals surface area contributed by atoms with Gasteiger partial charge in [-0.05, 0) is 43.0 Å². The first-order valence-corrected chi connectivity index (χ1v) is 7.63. The van der Waals surface area contributed by atoms with E-state index >= 15 is 0 Å². The van der Waals surface area contributed by atoms with E-state index in [-0.39, 0.29) is 0 Å². The van der Waals surface area contributed by atoms with E-state index in [0.717, 1.165) is 17.7 Å². The molecule has 4 heteroatoms. The second-order valence-corrected chi connectivity index (χ2v) is 6.71. The summed E-state index contributed by atoms with van der Waals surface area (Å²) in [6.45, 7) is 6.73.